The zero-order valence-corrected chi connectivity index (χ0v) is 24.8. The summed E-state index contributed by atoms with van der Waals surface area (Å²) in [6, 6.07) is 31.6. The van der Waals surface area contributed by atoms with Gasteiger partial charge in [-0.1, -0.05) is 98.8 Å². The molecule has 44 heavy (non-hydrogen) atoms. The van der Waals surface area contributed by atoms with Gasteiger partial charge in [0.2, 0.25) is 0 Å². The van der Waals surface area contributed by atoms with Crippen molar-refractivity contribution in [1.82, 2.24) is 15.2 Å². The van der Waals surface area contributed by atoms with Crippen LogP contribution in [0.25, 0.3) is 10.9 Å². The SMILES string of the molecule is CC(C)c1ccc(C2c3[nH]c4ccccc4c3CC3C(=O)N(c4ccccc4C(=O)NCCc4ccccc4)C(=O)N32)cc1. The number of para-hydroxylation sites is 2. The number of H-pyrrole nitrogens is 1. The van der Waals surface area contributed by atoms with E-state index >= 15 is 0 Å². The summed E-state index contributed by atoms with van der Waals surface area (Å²) in [4.78, 5) is 48.5. The Morgan fingerprint density at radius 1 is 0.886 bits per heavy atom. The lowest BCUT2D eigenvalue weighted by Crippen LogP contribution is -2.44. The maximum atomic E-state index is 14.4. The van der Waals surface area contributed by atoms with E-state index in [1.807, 2.05) is 48.5 Å². The van der Waals surface area contributed by atoms with E-state index in [2.05, 4.69) is 54.5 Å². The second-order valence-corrected chi connectivity index (χ2v) is 11.9. The number of rotatable bonds is 7. The summed E-state index contributed by atoms with van der Waals surface area (Å²) < 4.78 is 0. The van der Waals surface area contributed by atoms with Crippen LogP contribution in [0.15, 0.2) is 103 Å². The van der Waals surface area contributed by atoms with Gasteiger partial charge in [0.25, 0.3) is 11.8 Å². The predicted molar refractivity (Wildman–Crippen MR) is 172 cm³/mol. The van der Waals surface area contributed by atoms with Gasteiger partial charge in [-0.15, -0.1) is 0 Å². The highest BCUT2D eigenvalue weighted by Gasteiger charge is 2.53. The van der Waals surface area contributed by atoms with Crippen molar-refractivity contribution >= 4 is 34.4 Å². The molecule has 1 saturated heterocycles. The van der Waals surface area contributed by atoms with Crippen LogP contribution in [0.1, 0.15) is 64.1 Å². The quantitative estimate of drug-likeness (QED) is 0.208. The summed E-state index contributed by atoms with van der Waals surface area (Å²) in [5.74, 6) is -0.272. The maximum absolute atomic E-state index is 14.4. The molecule has 2 unspecified atom stereocenters. The molecule has 2 aliphatic heterocycles. The van der Waals surface area contributed by atoms with Crippen molar-refractivity contribution in [2.45, 2.75) is 44.7 Å². The molecular weight excluding hydrogens is 548 g/mol. The largest absolute Gasteiger partial charge is 0.356 e. The number of aromatic amines is 1. The summed E-state index contributed by atoms with van der Waals surface area (Å²) in [5.41, 5.74) is 6.81. The first-order valence-electron chi connectivity index (χ1n) is 15.2. The number of anilines is 1. The fourth-order valence-corrected chi connectivity index (χ4v) is 6.63. The number of nitrogens with zero attached hydrogens (tertiary/aromatic N) is 2. The van der Waals surface area contributed by atoms with Gasteiger partial charge in [-0.05, 0) is 52.8 Å². The zero-order valence-electron chi connectivity index (χ0n) is 24.8. The van der Waals surface area contributed by atoms with E-state index in [1.165, 1.54) is 10.5 Å². The number of hydrogen-bond acceptors (Lipinski definition) is 3. The van der Waals surface area contributed by atoms with E-state index in [1.54, 1.807) is 29.2 Å². The van der Waals surface area contributed by atoms with Crippen LogP contribution in [0.3, 0.4) is 0 Å². The molecule has 1 aromatic heterocycles. The standard InChI is InChI=1S/C37H34N4O3/c1-23(2)25-16-18-26(19-17-25)34-33-29(27-12-6-8-14-30(27)39-33)22-32-36(43)41(37(44)40(32)34)31-15-9-7-13-28(31)35(42)38-21-20-24-10-4-3-5-11-24/h3-19,23,32,34,39H,20-22H2,1-2H3,(H,38,42). The maximum Gasteiger partial charge on any atom is 0.332 e. The van der Waals surface area contributed by atoms with Crippen LogP contribution in [0, 0.1) is 0 Å². The molecule has 4 aromatic carbocycles. The Morgan fingerprint density at radius 3 is 2.36 bits per heavy atom. The van der Waals surface area contributed by atoms with Gasteiger partial charge in [0.05, 0.1) is 11.3 Å². The second kappa shape index (κ2) is 11.2. The fraction of sp³-hybridized carbons (Fsp3) is 0.216. The van der Waals surface area contributed by atoms with Crippen molar-refractivity contribution in [3.63, 3.8) is 0 Å². The van der Waals surface area contributed by atoms with Gasteiger partial charge in [0.1, 0.15) is 12.1 Å². The van der Waals surface area contributed by atoms with Gasteiger partial charge in [0, 0.05) is 29.6 Å². The number of carbonyl (C=O) groups excluding carboxylic acids is 3. The number of nitrogens with one attached hydrogen (secondary N) is 2. The smallest absolute Gasteiger partial charge is 0.332 e. The molecule has 4 amide bonds. The van der Waals surface area contributed by atoms with Gasteiger partial charge in [-0.25, -0.2) is 9.69 Å². The molecule has 3 heterocycles. The monoisotopic (exact) mass is 582 g/mol. The van der Waals surface area contributed by atoms with Crippen molar-refractivity contribution < 1.29 is 14.4 Å². The van der Waals surface area contributed by atoms with Gasteiger partial charge < -0.3 is 10.3 Å². The highest BCUT2D eigenvalue weighted by Crippen LogP contribution is 2.45. The van der Waals surface area contributed by atoms with Crippen molar-refractivity contribution in [3.8, 4) is 0 Å². The molecule has 2 aliphatic rings. The summed E-state index contributed by atoms with van der Waals surface area (Å²) >= 11 is 0. The lowest BCUT2D eigenvalue weighted by atomic mass is 9.88. The van der Waals surface area contributed by atoms with E-state index < -0.39 is 18.1 Å². The molecule has 0 radical (unpaired) electrons. The highest BCUT2D eigenvalue weighted by atomic mass is 16.2. The lowest BCUT2D eigenvalue weighted by molar-refractivity contribution is -0.120. The predicted octanol–water partition coefficient (Wildman–Crippen LogP) is 6.75. The molecule has 7 heteroatoms. The third kappa shape index (κ3) is 4.65. The van der Waals surface area contributed by atoms with Crippen molar-refractivity contribution in [2.24, 2.45) is 0 Å². The number of urea groups is 1. The molecule has 0 saturated carbocycles. The van der Waals surface area contributed by atoms with Crippen LogP contribution in [0.5, 0.6) is 0 Å². The van der Waals surface area contributed by atoms with E-state index in [4.69, 9.17) is 0 Å². The molecule has 7 rings (SSSR count). The van der Waals surface area contributed by atoms with Gasteiger partial charge >= 0.3 is 6.03 Å². The first-order valence-corrected chi connectivity index (χ1v) is 15.2. The first kappa shape index (κ1) is 27.7. The number of amides is 4. The Labute approximate surface area is 256 Å². The zero-order chi connectivity index (χ0) is 30.4. The molecule has 1 fully saturated rings. The lowest BCUT2D eigenvalue weighted by Gasteiger charge is -2.36. The third-order valence-electron chi connectivity index (χ3n) is 8.90. The molecule has 7 nitrogen and oxygen atoms in total. The van der Waals surface area contributed by atoms with Crippen molar-refractivity contribution in [3.05, 3.63) is 137 Å². The number of benzene rings is 4. The van der Waals surface area contributed by atoms with Crippen LogP contribution in [0.2, 0.25) is 0 Å². The summed E-state index contributed by atoms with van der Waals surface area (Å²) in [5, 5.41) is 4.03. The van der Waals surface area contributed by atoms with Gasteiger partial charge in [-0.3, -0.25) is 14.5 Å². The number of fused-ring (bicyclic) bond motifs is 4. The Balaban J connectivity index is 1.25. The Kier molecular flexibility index (Phi) is 7.01. The fourth-order valence-electron chi connectivity index (χ4n) is 6.63. The first-order chi connectivity index (χ1) is 21.4. The highest BCUT2D eigenvalue weighted by molar-refractivity contribution is 6.24. The molecule has 0 aliphatic carbocycles. The second-order valence-electron chi connectivity index (χ2n) is 11.9. The average molecular weight is 583 g/mol. The Bertz CT molecular complexity index is 1880. The Morgan fingerprint density at radius 2 is 1.59 bits per heavy atom. The Hall–Kier alpha value is -5.17. The van der Waals surface area contributed by atoms with Crippen molar-refractivity contribution in [2.75, 3.05) is 11.4 Å². The van der Waals surface area contributed by atoms with E-state index in [0.29, 0.717) is 36.6 Å². The normalized spacial score (nSPS) is 17.7. The number of aromatic nitrogens is 1. The van der Waals surface area contributed by atoms with E-state index in [9.17, 15) is 14.4 Å². The minimum absolute atomic E-state index is 0.295. The van der Waals surface area contributed by atoms with Crippen LogP contribution < -0.4 is 10.2 Å². The molecule has 0 spiro atoms. The van der Waals surface area contributed by atoms with E-state index in [-0.39, 0.29) is 11.8 Å². The van der Waals surface area contributed by atoms with Gasteiger partial charge in [0.15, 0.2) is 0 Å². The van der Waals surface area contributed by atoms with E-state index in [0.717, 1.165) is 33.3 Å². The van der Waals surface area contributed by atoms with Crippen LogP contribution in [-0.2, 0) is 17.6 Å². The molecule has 5 aromatic rings. The number of hydrogen-bond donors (Lipinski definition) is 2. The average Bonchev–Trinajstić information content (AvgIpc) is 3.54. The number of imide groups is 1. The molecule has 220 valence electrons. The summed E-state index contributed by atoms with van der Waals surface area (Å²) in [6.07, 6.45) is 1.07. The third-order valence-corrected chi connectivity index (χ3v) is 8.90. The molecule has 2 N–H and O–H groups in total. The molecule has 0 bridgehead atoms. The molecular formula is C37H34N4O3. The number of carbonyl (C=O) groups is 3. The van der Waals surface area contributed by atoms with Crippen LogP contribution in [0.4, 0.5) is 10.5 Å². The molecule has 2 atom stereocenters. The minimum atomic E-state index is -0.696. The topological polar surface area (TPSA) is 85.5 Å². The van der Waals surface area contributed by atoms with Gasteiger partial charge in [-0.2, -0.15) is 0 Å². The summed E-state index contributed by atoms with van der Waals surface area (Å²) in [7, 11) is 0. The minimum Gasteiger partial charge on any atom is -0.356 e. The van der Waals surface area contributed by atoms with Crippen molar-refractivity contribution in [1.29, 1.82) is 0 Å². The summed E-state index contributed by atoms with van der Waals surface area (Å²) in [6.45, 7) is 4.73. The van der Waals surface area contributed by atoms with Crippen LogP contribution in [-0.4, -0.2) is 40.3 Å². The van der Waals surface area contributed by atoms with Crippen LogP contribution >= 0.6 is 0 Å².